The maximum absolute atomic E-state index is 14.0. The molecule has 4 heteroatoms. The molecule has 0 bridgehead atoms. The summed E-state index contributed by atoms with van der Waals surface area (Å²) in [7, 11) is 0. The molecule has 2 N–H and O–H groups in total. The fraction of sp³-hybridized carbons (Fsp3) is 0.571. The molecule has 0 aromatic heterocycles. The Bertz CT molecular complexity index is 432. The van der Waals surface area contributed by atoms with Crippen molar-refractivity contribution in [1.29, 1.82) is 0 Å². The summed E-state index contributed by atoms with van der Waals surface area (Å²) in [6.07, 6.45) is 0.824. The smallest absolute Gasteiger partial charge is 0.146 e. The Morgan fingerprint density at radius 2 is 2.17 bits per heavy atom. The molecule has 1 saturated heterocycles. The standard InChI is InChI=1S/C14H20FNO2/c1-10(17)11-5-3-6-12(15)13(11)16-8-4-7-14(2,18)9-16/h3,5-6,10,17-18H,4,7-9H2,1-2H3/t10-,14?/m0/s1. The van der Waals surface area contributed by atoms with Crippen molar-refractivity contribution in [1.82, 2.24) is 0 Å². The Labute approximate surface area is 107 Å². The van der Waals surface area contributed by atoms with Crippen LogP contribution in [0.15, 0.2) is 18.2 Å². The quantitative estimate of drug-likeness (QED) is 0.849. The number of aliphatic hydroxyl groups is 2. The number of hydrogen-bond donors (Lipinski definition) is 2. The van der Waals surface area contributed by atoms with Crippen LogP contribution in [0.4, 0.5) is 10.1 Å². The summed E-state index contributed by atoms with van der Waals surface area (Å²) >= 11 is 0. The van der Waals surface area contributed by atoms with Crippen molar-refractivity contribution in [3.63, 3.8) is 0 Å². The Balaban J connectivity index is 2.38. The second-order valence-corrected chi connectivity index (χ2v) is 5.38. The lowest BCUT2D eigenvalue weighted by atomic mass is 9.93. The van der Waals surface area contributed by atoms with Gasteiger partial charge in [-0.1, -0.05) is 12.1 Å². The van der Waals surface area contributed by atoms with Gasteiger partial charge in [-0.3, -0.25) is 0 Å². The molecule has 2 rings (SSSR count). The van der Waals surface area contributed by atoms with E-state index in [-0.39, 0.29) is 5.82 Å². The number of halogens is 1. The third-order valence-corrected chi connectivity index (χ3v) is 3.46. The number of benzene rings is 1. The fourth-order valence-electron chi connectivity index (χ4n) is 2.61. The van der Waals surface area contributed by atoms with Gasteiger partial charge in [0.2, 0.25) is 0 Å². The zero-order valence-electron chi connectivity index (χ0n) is 10.9. The largest absolute Gasteiger partial charge is 0.389 e. The molecule has 1 unspecified atom stereocenters. The maximum Gasteiger partial charge on any atom is 0.146 e. The molecule has 1 aromatic rings. The molecule has 0 radical (unpaired) electrons. The summed E-state index contributed by atoms with van der Waals surface area (Å²) < 4.78 is 14.0. The average molecular weight is 253 g/mol. The Kier molecular flexibility index (Phi) is 3.59. The van der Waals surface area contributed by atoms with Gasteiger partial charge in [-0.15, -0.1) is 0 Å². The van der Waals surface area contributed by atoms with E-state index in [0.717, 1.165) is 12.8 Å². The van der Waals surface area contributed by atoms with Crippen molar-refractivity contribution < 1.29 is 14.6 Å². The van der Waals surface area contributed by atoms with Crippen LogP contribution in [0.25, 0.3) is 0 Å². The first kappa shape index (κ1) is 13.3. The van der Waals surface area contributed by atoms with Crippen molar-refractivity contribution >= 4 is 5.69 Å². The van der Waals surface area contributed by atoms with Gasteiger partial charge in [0.05, 0.1) is 17.4 Å². The minimum Gasteiger partial charge on any atom is -0.389 e. The molecule has 1 heterocycles. The van der Waals surface area contributed by atoms with Crippen LogP contribution < -0.4 is 4.90 Å². The first-order valence-corrected chi connectivity index (χ1v) is 6.34. The molecule has 0 spiro atoms. The average Bonchev–Trinajstić information content (AvgIpc) is 2.27. The summed E-state index contributed by atoms with van der Waals surface area (Å²) in [5.41, 5.74) is 0.205. The third-order valence-electron chi connectivity index (χ3n) is 3.46. The van der Waals surface area contributed by atoms with Gasteiger partial charge in [0, 0.05) is 18.7 Å². The number of rotatable bonds is 2. The number of nitrogens with zero attached hydrogens (tertiary/aromatic N) is 1. The van der Waals surface area contributed by atoms with Gasteiger partial charge >= 0.3 is 0 Å². The minimum absolute atomic E-state index is 0.342. The Hall–Kier alpha value is -1.13. The van der Waals surface area contributed by atoms with E-state index < -0.39 is 11.7 Å². The highest BCUT2D eigenvalue weighted by molar-refractivity contribution is 5.56. The molecule has 1 fully saturated rings. The minimum atomic E-state index is -0.795. The number of para-hydroxylation sites is 1. The van der Waals surface area contributed by atoms with Crippen LogP contribution in [-0.2, 0) is 0 Å². The van der Waals surface area contributed by atoms with E-state index in [1.165, 1.54) is 6.07 Å². The Morgan fingerprint density at radius 3 is 2.78 bits per heavy atom. The molecule has 0 aliphatic carbocycles. The lowest BCUT2D eigenvalue weighted by Gasteiger charge is -2.39. The first-order valence-electron chi connectivity index (χ1n) is 6.34. The monoisotopic (exact) mass is 253 g/mol. The molecule has 0 saturated carbocycles. The summed E-state index contributed by atoms with van der Waals surface area (Å²) in [6, 6.07) is 4.72. The zero-order chi connectivity index (χ0) is 13.3. The molecule has 1 aliphatic rings. The van der Waals surface area contributed by atoms with Crippen LogP contribution in [-0.4, -0.2) is 28.9 Å². The summed E-state index contributed by atoms with van der Waals surface area (Å²) in [6.45, 7) is 4.49. The second kappa shape index (κ2) is 4.86. The van der Waals surface area contributed by atoms with Gasteiger partial charge in [0.1, 0.15) is 5.82 Å². The van der Waals surface area contributed by atoms with Gasteiger partial charge < -0.3 is 15.1 Å². The van der Waals surface area contributed by atoms with Gasteiger partial charge in [-0.25, -0.2) is 4.39 Å². The predicted molar refractivity (Wildman–Crippen MR) is 69.1 cm³/mol. The SMILES string of the molecule is C[C@H](O)c1cccc(F)c1N1CCCC(C)(O)C1. The highest BCUT2D eigenvalue weighted by atomic mass is 19.1. The Morgan fingerprint density at radius 1 is 1.44 bits per heavy atom. The van der Waals surface area contributed by atoms with E-state index in [4.69, 9.17) is 0 Å². The number of β-amino-alcohol motifs (C(OH)–C–C–N with tert-alkyl or cyclic N) is 1. The number of aliphatic hydroxyl groups excluding tert-OH is 1. The lowest BCUT2D eigenvalue weighted by Crippen LogP contribution is -2.46. The maximum atomic E-state index is 14.0. The second-order valence-electron chi connectivity index (χ2n) is 5.38. The van der Waals surface area contributed by atoms with Crippen molar-refractivity contribution in [2.75, 3.05) is 18.0 Å². The fourth-order valence-corrected chi connectivity index (χ4v) is 2.61. The van der Waals surface area contributed by atoms with Crippen LogP contribution in [0.5, 0.6) is 0 Å². The molecule has 1 aromatic carbocycles. The highest BCUT2D eigenvalue weighted by Gasteiger charge is 2.31. The molecule has 3 nitrogen and oxygen atoms in total. The molecular weight excluding hydrogens is 233 g/mol. The summed E-state index contributed by atoms with van der Waals surface area (Å²) in [5.74, 6) is -0.342. The summed E-state index contributed by atoms with van der Waals surface area (Å²) in [4.78, 5) is 1.83. The first-order chi connectivity index (χ1) is 8.41. The number of hydrogen-bond acceptors (Lipinski definition) is 3. The van der Waals surface area contributed by atoms with E-state index >= 15 is 0 Å². The van der Waals surface area contributed by atoms with Crippen molar-refractivity contribution in [2.24, 2.45) is 0 Å². The van der Waals surface area contributed by atoms with Gasteiger partial charge in [-0.2, -0.15) is 0 Å². The molecule has 0 amide bonds. The van der Waals surface area contributed by atoms with Crippen LogP contribution >= 0.6 is 0 Å². The van der Waals surface area contributed by atoms with Gasteiger partial charge in [0.15, 0.2) is 0 Å². The topological polar surface area (TPSA) is 43.7 Å². The van der Waals surface area contributed by atoms with E-state index in [9.17, 15) is 14.6 Å². The molecule has 2 atom stereocenters. The van der Waals surface area contributed by atoms with Gasteiger partial charge in [0.25, 0.3) is 0 Å². The molecule has 18 heavy (non-hydrogen) atoms. The van der Waals surface area contributed by atoms with E-state index in [1.807, 2.05) is 4.90 Å². The highest BCUT2D eigenvalue weighted by Crippen LogP contribution is 2.33. The van der Waals surface area contributed by atoms with E-state index in [2.05, 4.69) is 0 Å². The molecule has 1 aliphatic heterocycles. The normalized spacial score (nSPS) is 26.2. The van der Waals surface area contributed by atoms with Crippen LogP contribution in [0.2, 0.25) is 0 Å². The molecular formula is C14H20FNO2. The van der Waals surface area contributed by atoms with E-state index in [0.29, 0.717) is 24.3 Å². The summed E-state index contributed by atoms with van der Waals surface area (Å²) in [5, 5.41) is 19.8. The van der Waals surface area contributed by atoms with Crippen LogP contribution in [0, 0.1) is 5.82 Å². The predicted octanol–water partition coefficient (Wildman–Crippen LogP) is 2.23. The number of anilines is 1. The zero-order valence-corrected chi connectivity index (χ0v) is 10.9. The van der Waals surface area contributed by atoms with Crippen molar-refractivity contribution in [2.45, 2.75) is 38.4 Å². The van der Waals surface area contributed by atoms with Gasteiger partial charge in [-0.05, 0) is 32.8 Å². The number of piperidine rings is 1. The third kappa shape index (κ3) is 2.65. The van der Waals surface area contributed by atoms with E-state index in [1.54, 1.807) is 26.0 Å². The van der Waals surface area contributed by atoms with Crippen molar-refractivity contribution in [3.05, 3.63) is 29.6 Å². The van der Waals surface area contributed by atoms with Crippen molar-refractivity contribution in [3.8, 4) is 0 Å². The lowest BCUT2D eigenvalue weighted by molar-refractivity contribution is 0.0445. The molecule has 100 valence electrons. The van der Waals surface area contributed by atoms with Crippen LogP contribution in [0.3, 0.4) is 0 Å². The van der Waals surface area contributed by atoms with Crippen LogP contribution in [0.1, 0.15) is 38.4 Å².